The summed E-state index contributed by atoms with van der Waals surface area (Å²) in [5.41, 5.74) is 3.62. The van der Waals surface area contributed by atoms with Gasteiger partial charge in [-0.25, -0.2) is 0 Å². The van der Waals surface area contributed by atoms with E-state index < -0.39 is 0 Å². The highest BCUT2D eigenvalue weighted by atomic mass is 16.5. The Bertz CT molecular complexity index is 914. The molecule has 4 nitrogen and oxygen atoms in total. The molecule has 1 saturated heterocycles. The Balaban J connectivity index is 1.33. The van der Waals surface area contributed by atoms with Gasteiger partial charge >= 0.3 is 0 Å². The summed E-state index contributed by atoms with van der Waals surface area (Å²) in [7, 11) is 0. The Kier molecular flexibility index (Phi) is 5.57. The molecule has 0 N–H and O–H groups in total. The van der Waals surface area contributed by atoms with Crippen molar-refractivity contribution in [3.63, 3.8) is 0 Å². The molecule has 1 aliphatic heterocycles. The van der Waals surface area contributed by atoms with Gasteiger partial charge in [0.2, 0.25) is 0 Å². The van der Waals surface area contributed by atoms with Gasteiger partial charge in [-0.1, -0.05) is 48.0 Å². The Morgan fingerprint density at radius 1 is 0.786 bits per heavy atom. The van der Waals surface area contributed by atoms with Gasteiger partial charge in [0.25, 0.3) is 0 Å². The lowest BCUT2D eigenvalue weighted by atomic mass is 10.2. The Hall–Kier alpha value is -3.27. The number of aryl methyl sites for hydroxylation is 1. The second kappa shape index (κ2) is 8.61. The molecule has 4 heteroatoms. The maximum Gasteiger partial charge on any atom is 0.128 e. The van der Waals surface area contributed by atoms with Crippen molar-refractivity contribution in [2.45, 2.75) is 6.92 Å². The summed E-state index contributed by atoms with van der Waals surface area (Å²) < 4.78 is 5.90. The van der Waals surface area contributed by atoms with Gasteiger partial charge in [0, 0.05) is 18.8 Å². The van der Waals surface area contributed by atoms with Crippen LogP contribution in [-0.4, -0.2) is 37.4 Å². The fourth-order valence-electron chi connectivity index (χ4n) is 3.26. The van der Waals surface area contributed by atoms with Crippen molar-refractivity contribution in [1.29, 1.82) is 0 Å². The van der Waals surface area contributed by atoms with Gasteiger partial charge in [0.15, 0.2) is 0 Å². The number of benzene rings is 3. The summed E-state index contributed by atoms with van der Waals surface area (Å²) >= 11 is 0. The number of hydrazone groups is 1. The fraction of sp³-hybridized carbons (Fsp3) is 0.208. The third-order valence-electron chi connectivity index (χ3n) is 4.86. The van der Waals surface area contributed by atoms with E-state index in [-0.39, 0.29) is 0 Å². The molecule has 0 unspecified atom stereocenters. The van der Waals surface area contributed by atoms with Gasteiger partial charge in [-0.3, -0.25) is 5.01 Å². The van der Waals surface area contributed by atoms with Crippen LogP contribution in [0, 0.1) is 6.92 Å². The predicted molar refractivity (Wildman–Crippen MR) is 116 cm³/mol. The van der Waals surface area contributed by atoms with E-state index in [9.17, 15) is 0 Å². The molecule has 0 radical (unpaired) electrons. The summed E-state index contributed by atoms with van der Waals surface area (Å²) in [4.78, 5) is 2.42. The smallest absolute Gasteiger partial charge is 0.128 e. The number of nitrogens with zero attached hydrogens (tertiary/aromatic N) is 3. The summed E-state index contributed by atoms with van der Waals surface area (Å²) in [6.07, 6.45) is 1.92. The highest BCUT2D eigenvalue weighted by Gasteiger charge is 2.15. The fourth-order valence-corrected chi connectivity index (χ4v) is 3.26. The Morgan fingerprint density at radius 2 is 1.50 bits per heavy atom. The number of hydrogen-bond acceptors (Lipinski definition) is 4. The van der Waals surface area contributed by atoms with Gasteiger partial charge in [-0.05, 0) is 48.9 Å². The largest absolute Gasteiger partial charge is 0.457 e. The average Bonchev–Trinajstić information content (AvgIpc) is 2.74. The summed E-state index contributed by atoms with van der Waals surface area (Å²) in [6.45, 7) is 5.93. The average molecular weight is 371 g/mol. The standard InChI is InChI=1S/C24H25N3O/c1-20-10-12-22(13-11-20)26-14-16-27(17-15-26)25-19-21-6-5-9-24(18-21)28-23-7-3-2-4-8-23/h2-13,18-19H,14-17H2,1H3/b25-19-. The maximum absolute atomic E-state index is 5.90. The molecule has 3 aromatic carbocycles. The van der Waals surface area contributed by atoms with E-state index in [1.807, 2.05) is 60.8 Å². The summed E-state index contributed by atoms with van der Waals surface area (Å²) in [5.74, 6) is 1.66. The zero-order valence-electron chi connectivity index (χ0n) is 16.2. The van der Waals surface area contributed by atoms with Crippen LogP contribution in [0.5, 0.6) is 11.5 Å². The van der Waals surface area contributed by atoms with Crippen molar-refractivity contribution in [2.24, 2.45) is 5.10 Å². The molecule has 4 rings (SSSR count). The number of rotatable bonds is 5. The van der Waals surface area contributed by atoms with E-state index in [4.69, 9.17) is 4.74 Å². The van der Waals surface area contributed by atoms with Crippen LogP contribution in [0.25, 0.3) is 0 Å². The Morgan fingerprint density at radius 3 is 2.25 bits per heavy atom. The molecule has 1 heterocycles. The molecule has 3 aromatic rings. The normalized spacial score (nSPS) is 14.5. The van der Waals surface area contributed by atoms with E-state index in [0.717, 1.165) is 43.2 Å². The number of ether oxygens (including phenoxy) is 1. The predicted octanol–water partition coefficient (Wildman–Crippen LogP) is 4.94. The molecule has 0 atom stereocenters. The molecule has 0 aliphatic carbocycles. The minimum Gasteiger partial charge on any atom is -0.457 e. The SMILES string of the molecule is Cc1ccc(N2CCN(/N=C\c3cccc(Oc4ccccc4)c3)CC2)cc1. The number of para-hydroxylation sites is 1. The van der Waals surface area contributed by atoms with Gasteiger partial charge in [-0.2, -0.15) is 5.10 Å². The number of anilines is 1. The first-order valence-corrected chi connectivity index (χ1v) is 9.70. The van der Waals surface area contributed by atoms with Crippen LogP contribution in [0.2, 0.25) is 0 Å². The third kappa shape index (κ3) is 4.71. The minimum atomic E-state index is 0.819. The van der Waals surface area contributed by atoms with Crippen LogP contribution in [0.15, 0.2) is 84.0 Å². The highest BCUT2D eigenvalue weighted by molar-refractivity contribution is 5.80. The molecule has 142 valence electrons. The number of piperazine rings is 1. The van der Waals surface area contributed by atoms with Crippen LogP contribution >= 0.6 is 0 Å². The molecular formula is C24H25N3O. The van der Waals surface area contributed by atoms with Crippen LogP contribution in [-0.2, 0) is 0 Å². The van der Waals surface area contributed by atoms with Crippen molar-refractivity contribution in [3.8, 4) is 11.5 Å². The van der Waals surface area contributed by atoms with Gasteiger partial charge in [-0.15, -0.1) is 0 Å². The van der Waals surface area contributed by atoms with Crippen LogP contribution < -0.4 is 9.64 Å². The molecular weight excluding hydrogens is 346 g/mol. The topological polar surface area (TPSA) is 28.1 Å². The van der Waals surface area contributed by atoms with E-state index in [2.05, 4.69) is 46.2 Å². The van der Waals surface area contributed by atoms with E-state index in [1.54, 1.807) is 0 Å². The zero-order chi connectivity index (χ0) is 19.2. The number of hydrogen-bond donors (Lipinski definition) is 0. The van der Waals surface area contributed by atoms with Crippen molar-refractivity contribution in [3.05, 3.63) is 90.0 Å². The summed E-state index contributed by atoms with van der Waals surface area (Å²) in [5, 5.41) is 6.80. The quantitative estimate of drug-likeness (QED) is 0.595. The lowest BCUT2D eigenvalue weighted by Gasteiger charge is -2.34. The molecule has 0 amide bonds. The monoisotopic (exact) mass is 371 g/mol. The second-order valence-corrected chi connectivity index (χ2v) is 7.01. The van der Waals surface area contributed by atoms with Gasteiger partial charge in [0.1, 0.15) is 11.5 Å². The van der Waals surface area contributed by atoms with Crippen LogP contribution in [0.4, 0.5) is 5.69 Å². The van der Waals surface area contributed by atoms with E-state index in [0.29, 0.717) is 0 Å². The lowest BCUT2D eigenvalue weighted by molar-refractivity contribution is 0.272. The van der Waals surface area contributed by atoms with Crippen LogP contribution in [0.3, 0.4) is 0 Å². The van der Waals surface area contributed by atoms with E-state index in [1.165, 1.54) is 11.3 Å². The molecule has 0 aromatic heterocycles. The van der Waals surface area contributed by atoms with Crippen LogP contribution in [0.1, 0.15) is 11.1 Å². The van der Waals surface area contributed by atoms with Crippen molar-refractivity contribution >= 4 is 11.9 Å². The molecule has 0 saturated carbocycles. The first kappa shape index (κ1) is 18.1. The van der Waals surface area contributed by atoms with Crippen molar-refractivity contribution < 1.29 is 4.74 Å². The highest BCUT2D eigenvalue weighted by Crippen LogP contribution is 2.21. The van der Waals surface area contributed by atoms with Crippen molar-refractivity contribution in [2.75, 3.05) is 31.1 Å². The first-order valence-electron chi connectivity index (χ1n) is 9.70. The maximum atomic E-state index is 5.90. The lowest BCUT2D eigenvalue weighted by Crippen LogP contribution is -2.44. The molecule has 1 aliphatic rings. The summed E-state index contributed by atoms with van der Waals surface area (Å²) in [6, 6.07) is 26.6. The minimum absolute atomic E-state index is 0.819. The van der Waals surface area contributed by atoms with Gasteiger partial charge in [0.05, 0.1) is 19.3 Å². The third-order valence-corrected chi connectivity index (χ3v) is 4.86. The Labute approximate surface area is 166 Å². The molecule has 0 bridgehead atoms. The molecule has 1 fully saturated rings. The van der Waals surface area contributed by atoms with E-state index >= 15 is 0 Å². The second-order valence-electron chi connectivity index (χ2n) is 7.01. The van der Waals surface area contributed by atoms with Gasteiger partial charge < -0.3 is 9.64 Å². The first-order chi connectivity index (χ1) is 13.8. The van der Waals surface area contributed by atoms with Crippen molar-refractivity contribution in [1.82, 2.24) is 5.01 Å². The molecule has 28 heavy (non-hydrogen) atoms. The molecule has 0 spiro atoms. The zero-order valence-corrected chi connectivity index (χ0v) is 16.2.